The first-order valence-electron chi connectivity index (χ1n) is 9.78. The van der Waals surface area contributed by atoms with Crippen molar-refractivity contribution in [2.45, 2.75) is 33.8 Å². The van der Waals surface area contributed by atoms with E-state index < -0.39 is 0 Å². The van der Waals surface area contributed by atoms with Crippen LogP contribution in [0.15, 0.2) is 84.7 Å². The third kappa shape index (κ3) is 6.82. The molecule has 0 aliphatic heterocycles. The monoisotopic (exact) mass is 425 g/mol. The van der Waals surface area contributed by atoms with Crippen LogP contribution in [-0.4, -0.2) is 18.6 Å². The minimum atomic E-state index is -0.119. The Hall–Kier alpha value is -2.98. The maximum atomic E-state index is 12.6. The van der Waals surface area contributed by atoms with Crippen molar-refractivity contribution in [3.63, 3.8) is 0 Å². The number of para-hydroxylation sites is 1. The van der Waals surface area contributed by atoms with Crippen LogP contribution in [-0.2, 0) is 9.53 Å². The molecule has 0 spiro atoms. The number of nitrogens with zero attached hydrogens (tertiary/aromatic N) is 1. The minimum Gasteiger partial charge on any atom is -0.491 e. The van der Waals surface area contributed by atoms with Crippen LogP contribution in [0.3, 0.4) is 0 Å². The second kappa shape index (κ2) is 11.3. The van der Waals surface area contributed by atoms with Crippen LogP contribution >= 0.6 is 11.6 Å². The Balaban J connectivity index is 2.44. The van der Waals surface area contributed by atoms with Gasteiger partial charge in [0.25, 0.3) is 0 Å². The molecule has 2 rings (SSSR count). The fraction of sp³-hybridized carbons (Fsp3) is 0.240. The Labute approximate surface area is 184 Å². The number of anilines is 1. The van der Waals surface area contributed by atoms with E-state index in [9.17, 15) is 4.79 Å². The van der Waals surface area contributed by atoms with Gasteiger partial charge in [-0.05, 0) is 56.7 Å². The number of amides is 1. The highest BCUT2D eigenvalue weighted by Crippen LogP contribution is 2.35. The number of ether oxygens (including phenoxy) is 2. The third-order valence-electron chi connectivity index (χ3n) is 4.13. The molecule has 0 saturated carbocycles. The van der Waals surface area contributed by atoms with Crippen LogP contribution in [0, 0.1) is 0 Å². The van der Waals surface area contributed by atoms with Crippen molar-refractivity contribution < 1.29 is 14.3 Å². The first-order chi connectivity index (χ1) is 14.3. The van der Waals surface area contributed by atoms with E-state index in [4.69, 9.17) is 21.1 Å². The van der Waals surface area contributed by atoms with Gasteiger partial charge in [0.05, 0.1) is 18.3 Å². The van der Waals surface area contributed by atoms with Crippen LogP contribution in [0.25, 0.3) is 0 Å². The molecule has 0 bridgehead atoms. The molecule has 0 saturated heterocycles. The molecule has 30 heavy (non-hydrogen) atoms. The van der Waals surface area contributed by atoms with Crippen LogP contribution in [0.5, 0.6) is 11.5 Å². The average Bonchev–Trinajstić information content (AvgIpc) is 2.70. The molecule has 2 aromatic rings. The summed E-state index contributed by atoms with van der Waals surface area (Å²) in [5.41, 5.74) is 1.53. The van der Waals surface area contributed by atoms with E-state index in [2.05, 4.69) is 6.58 Å². The molecular weight excluding hydrogens is 398 g/mol. The lowest BCUT2D eigenvalue weighted by atomic mass is 10.2. The molecule has 4 nitrogen and oxygen atoms in total. The Bertz CT molecular complexity index is 933. The summed E-state index contributed by atoms with van der Waals surface area (Å²) in [5.74, 6) is 1.75. The van der Waals surface area contributed by atoms with Crippen LogP contribution in [0.1, 0.15) is 27.7 Å². The lowest BCUT2D eigenvalue weighted by Crippen LogP contribution is -2.31. The van der Waals surface area contributed by atoms with Crippen LogP contribution in [0.4, 0.5) is 5.69 Å². The van der Waals surface area contributed by atoms with Gasteiger partial charge in [-0.3, -0.25) is 4.79 Å². The quantitative estimate of drug-likeness (QED) is 0.323. The zero-order chi connectivity index (χ0) is 22.1. The molecule has 0 radical (unpaired) electrons. The van der Waals surface area contributed by atoms with Crippen molar-refractivity contribution in [2.75, 3.05) is 11.4 Å². The predicted octanol–water partition coefficient (Wildman–Crippen LogP) is 6.93. The Morgan fingerprint density at radius 3 is 2.47 bits per heavy atom. The Kier molecular flexibility index (Phi) is 8.75. The van der Waals surface area contributed by atoms with Gasteiger partial charge in [0.1, 0.15) is 11.5 Å². The fourth-order valence-corrected chi connectivity index (χ4v) is 2.94. The number of carbonyl (C=O) groups excluding carboxylic acids is 1. The molecule has 2 aromatic carbocycles. The topological polar surface area (TPSA) is 38.8 Å². The third-order valence-corrected chi connectivity index (χ3v) is 4.36. The van der Waals surface area contributed by atoms with Gasteiger partial charge in [-0.1, -0.05) is 48.5 Å². The molecule has 158 valence electrons. The zero-order valence-corrected chi connectivity index (χ0v) is 18.6. The second-order valence-electron chi connectivity index (χ2n) is 7.04. The van der Waals surface area contributed by atoms with Crippen molar-refractivity contribution in [3.05, 3.63) is 89.7 Å². The minimum absolute atomic E-state index is 0.00250. The molecule has 0 N–H and O–H groups in total. The SMILES string of the molecule is C=C/C=C\C(OC(C)C)=C(/C)CN(C(C)=O)c1ccc(Cl)cc1Oc1ccccc1. The van der Waals surface area contributed by atoms with Gasteiger partial charge in [-0.15, -0.1) is 0 Å². The molecule has 0 fully saturated rings. The molecule has 5 heteroatoms. The van der Waals surface area contributed by atoms with E-state index >= 15 is 0 Å². The zero-order valence-electron chi connectivity index (χ0n) is 17.9. The van der Waals surface area contributed by atoms with Gasteiger partial charge in [0, 0.05) is 18.0 Å². The summed E-state index contributed by atoms with van der Waals surface area (Å²) in [5, 5.41) is 0.526. The lowest BCUT2D eigenvalue weighted by molar-refractivity contribution is -0.116. The van der Waals surface area contributed by atoms with Crippen LogP contribution < -0.4 is 9.64 Å². The molecule has 0 aliphatic carbocycles. The Morgan fingerprint density at radius 1 is 1.17 bits per heavy atom. The smallest absolute Gasteiger partial charge is 0.224 e. The summed E-state index contributed by atoms with van der Waals surface area (Å²) in [4.78, 5) is 14.2. The first-order valence-corrected chi connectivity index (χ1v) is 10.2. The highest BCUT2D eigenvalue weighted by Gasteiger charge is 2.19. The molecule has 0 aliphatic rings. The summed E-state index contributed by atoms with van der Waals surface area (Å²) in [7, 11) is 0. The predicted molar refractivity (Wildman–Crippen MR) is 124 cm³/mol. The maximum Gasteiger partial charge on any atom is 0.224 e. The molecule has 0 heterocycles. The summed E-state index contributed by atoms with van der Waals surface area (Å²) in [6, 6.07) is 14.6. The second-order valence-corrected chi connectivity index (χ2v) is 7.47. The number of hydrogen-bond donors (Lipinski definition) is 0. The summed E-state index contributed by atoms with van der Waals surface area (Å²) < 4.78 is 12.0. The summed E-state index contributed by atoms with van der Waals surface area (Å²) >= 11 is 6.21. The van der Waals surface area contributed by atoms with Gasteiger partial charge in [-0.2, -0.15) is 0 Å². The fourth-order valence-electron chi connectivity index (χ4n) is 2.78. The van der Waals surface area contributed by atoms with Gasteiger partial charge >= 0.3 is 0 Å². The Morgan fingerprint density at radius 2 is 1.87 bits per heavy atom. The number of allylic oxidation sites excluding steroid dienone is 3. The van der Waals surface area contributed by atoms with Crippen molar-refractivity contribution in [3.8, 4) is 11.5 Å². The molecule has 0 aromatic heterocycles. The number of rotatable bonds is 9. The van der Waals surface area contributed by atoms with Crippen molar-refractivity contribution in [1.82, 2.24) is 0 Å². The summed E-state index contributed by atoms with van der Waals surface area (Å²) in [6.07, 6.45) is 5.35. The number of halogens is 1. The maximum absolute atomic E-state index is 12.6. The standard InChI is InChI=1S/C25H28ClNO3/c1-6-7-13-24(29-18(2)3)19(4)17-27(20(5)28)23-15-14-21(26)16-25(23)30-22-11-9-8-10-12-22/h6-16,18H,1,17H2,2-5H3/b13-7-,24-19-. The van der Waals surface area contributed by atoms with Crippen molar-refractivity contribution in [2.24, 2.45) is 0 Å². The first kappa shape index (κ1) is 23.3. The van der Waals surface area contributed by atoms with E-state index in [-0.39, 0.29) is 12.0 Å². The molecule has 0 unspecified atom stereocenters. The van der Waals surface area contributed by atoms with E-state index in [1.807, 2.05) is 63.3 Å². The van der Waals surface area contributed by atoms with E-state index in [1.165, 1.54) is 6.92 Å². The number of carbonyl (C=O) groups is 1. The van der Waals surface area contributed by atoms with E-state index in [1.54, 1.807) is 29.2 Å². The van der Waals surface area contributed by atoms with Gasteiger partial charge in [0.15, 0.2) is 5.75 Å². The number of benzene rings is 2. The van der Waals surface area contributed by atoms with Crippen molar-refractivity contribution >= 4 is 23.2 Å². The van der Waals surface area contributed by atoms with Gasteiger partial charge in [0.2, 0.25) is 5.91 Å². The normalized spacial score (nSPS) is 11.9. The van der Waals surface area contributed by atoms with Gasteiger partial charge in [-0.25, -0.2) is 0 Å². The number of hydrogen-bond acceptors (Lipinski definition) is 3. The molecular formula is C25H28ClNO3. The molecule has 1 amide bonds. The lowest BCUT2D eigenvalue weighted by Gasteiger charge is -2.25. The summed E-state index contributed by atoms with van der Waals surface area (Å²) in [6.45, 7) is 11.4. The average molecular weight is 426 g/mol. The highest BCUT2D eigenvalue weighted by atomic mass is 35.5. The van der Waals surface area contributed by atoms with Crippen LogP contribution in [0.2, 0.25) is 5.02 Å². The van der Waals surface area contributed by atoms with E-state index in [0.717, 1.165) is 5.57 Å². The van der Waals surface area contributed by atoms with Crippen molar-refractivity contribution in [1.29, 1.82) is 0 Å². The highest BCUT2D eigenvalue weighted by molar-refractivity contribution is 6.30. The molecule has 0 atom stereocenters. The van der Waals surface area contributed by atoms with Gasteiger partial charge < -0.3 is 14.4 Å². The van der Waals surface area contributed by atoms with E-state index in [0.29, 0.717) is 34.5 Å². The largest absolute Gasteiger partial charge is 0.491 e.